The maximum atomic E-state index is 6.52. The third-order valence-electron chi connectivity index (χ3n) is 12.9. The highest BCUT2D eigenvalue weighted by atomic mass is 16.3. The number of fused-ring (bicyclic) bond motifs is 12. The molecule has 0 saturated carbocycles. The van der Waals surface area contributed by atoms with Crippen LogP contribution < -0.4 is 0 Å². The van der Waals surface area contributed by atoms with Crippen LogP contribution in [-0.4, -0.2) is 19.1 Å². The first kappa shape index (κ1) is 34.9. The molecule has 0 aliphatic heterocycles. The van der Waals surface area contributed by atoms with Crippen LogP contribution in [0.2, 0.25) is 0 Å². The Labute approximate surface area is 365 Å². The zero-order valence-electron chi connectivity index (χ0n) is 34.2. The van der Waals surface area contributed by atoms with Gasteiger partial charge in [-0.2, -0.15) is 0 Å². The number of benzene rings is 9. The smallest absolute Gasteiger partial charge is 0.235 e. The van der Waals surface area contributed by atoms with Crippen molar-refractivity contribution in [2.24, 2.45) is 0 Å². The minimum absolute atomic E-state index is 0.588. The Morgan fingerprint density at radius 3 is 1.39 bits per heavy atom. The van der Waals surface area contributed by atoms with Gasteiger partial charge < -0.3 is 13.4 Å². The van der Waals surface area contributed by atoms with Crippen molar-refractivity contribution in [2.45, 2.75) is 0 Å². The third kappa shape index (κ3) is 5.20. The lowest BCUT2D eigenvalue weighted by atomic mass is 10.0. The highest BCUT2D eigenvalue weighted by molar-refractivity contribution is 6.19. The first-order chi connectivity index (χ1) is 31.7. The summed E-state index contributed by atoms with van der Waals surface area (Å²) in [5, 5.41) is 8.95. The summed E-state index contributed by atoms with van der Waals surface area (Å²) < 4.78 is 17.5. The molecule has 0 saturated heterocycles. The van der Waals surface area contributed by atoms with Crippen LogP contribution in [0.1, 0.15) is 0 Å². The molecule has 0 amide bonds. The molecule has 0 bridgehead atoms. The van der Waals surface area contributed by atoms with Crippen LogP contribution >= 0.6 is 0 Å². The fourth-order valence-corrected chi connectivity index (χ4v) is 9.95. The van der Waals surface area contributed by atoms with Crippen molar-refractivity contribution in [1.82, 2.24) is 19.1 Å². The van der Waals surface area contributed by atoms with Crippen molar-refractivity contribution in [1.29, 1.82) is 0 Å². The van der Waals surface area contributed by atoms with E-state index in [0.29, 0.717) is 5.95 Å². The molecule has 6 nitrogen and oxygen atoms in total. The van der Waals surface area contributed by atoms with Crippen LogP contribution in [0.4, 0.5) is 0 Å². The Morgan fingerprint density at radius 2 is 0.766 bits per heavy atom. The molecule has 14 aromatic rings. The Bertz CT molecular complexity index is 4120. The molecule has 0 atom stereocenters. The second kappa shape index (κ2) is 13.4. The van der Waals surface area contributed by atoms with Crippen LogP contribution in [0.15, 0.2) is 215 Å². The molecule has 0 spiro atoms. The van der Waals surface area contributed by atoms with Gasteiger partial charge in [0.1, 0.15) is 22.3 Å². The molecule has 5 heterocycles. The maximum absolute atomic E-state index is 6.52. The van der Waals surface area contributed by atoms with Gasteiger partial charge in [-0.3, -0.25) is 4.57 Å². The summed E-state index contributed by atoms with van der Waals surface area (Å²) in [7, 11) is 0. The van der Waals surface area contributed by atoms with Gasteiger partial charge in [0.25, 0.3) is 0 Å². The molecule has 0 aliphatic carbocycles. The SMILES string of the molecule is c1ccc(-c2cc(-c3ccccc3)nc(-n3c4cc(-c5ccc6c(c5)c5cc7c(cc5n6-c5ccccc5)oc5ccccc57)ccc4c4cc5c(cc43)oc3ccccc35)n2)cc1. The molecule has 6 heteroatoms. The number of hydrogen-bond donors (Lipinski definition) is 0. The predicted molar refractivity (Wildman–Crippen MR) is 262 cm³/mol. The van der Waals surface area contributed by atoms with E-state index in [1.165, 1.54) is 10.8 Å². The largest absolute Gasteiger partial charge is 0.456 e. The van der Waals surface area contributed by atoms with Gasteiger partial charge in [-0.05, 0) is 71.8 Å². The van der Waals surface area contributed by atoms with E-state index < -0.39 is 0 Å². The van der Waals surface area contributed by atoms with Gasteiger partial charge in [0.15, 0.2) is 0 Å². The van der Waals surface area contributed by atoms with Crippen LogP contribution in [-0.2, 0) is 0 Å². The quantitative estimate of drug-likeness (QED) is 0.174. The van der Waals surface area contributed by atoms with E-state index in [1.54, 1.807) is 0 Å². The fraction of sp³-hybridized carbons (Fsp3) is 0. The first-order valence-corrected chi connectivity index (χ1v) is 21.6. The van der Waals surface area contributed by atoms with E-state index in [2.05, 4.69) is 179 Å². The second-order valence-corrected chi connectivity index (χ2v) is 16.6. The molecule has 0 aliphatic rings. The minimum Gasteiger partial charge on any atom is -0.456 e. The predicted octanol–water partition coefficient (Wildman–Crippen LogP) is 15.5. The molecule has 0 N–H and O–H groups in total. The normalized spacial score (nSPS) is 12.1. The number of nitrogens with zero attached hydrogens (tertiary/aromatic N) is 4. The summed E-state index contributed by atoms with van der Waals surface area (Å²) in [6, 6.07) is 72.5. The van der Waals surface area contributed by atoms with Crippen molar-refractivity contribution in [3.63, 3.8) is 0 Å². The van der Waals surface area contributed by atoms with E-state index in [1.807, 2.05) is 36.4 Å². The molecule has 0 radical (unpaired) electrons. The molecular formula is C58H34N4O2. The zero-order valence-corrected chi connectivity index (χ0v) is 34.2. The lowest BCUT2D eigenvalue weighted by molar-refractivity contribution is 0.669. The lowest BCUT2D eigenvalue weighted by Crippen LogP contribution is -2.04. The second-order valence-electron chi connectivity index (χ2n) is 16.6. The van der Waals surface area contributed by atoms with E-state index >= 15 is 0 Å². The van der Waals surface area contributed by atoms with Gasteiger partial charge in [0, 0.05) is 72.0 Å². The maximum Gasteiger partial charge on any atom is 0.235 e. The number of hydrogen-bond acceptors (Lipinski definition) is 4. The van der Waals surface area contributed by atoms with Gasteiger partial charge >= 0.3 is 0 Å². The lowest BCUT2D eigenvalue weighted by Gasteiger charge is -2.12. The van der Waals surface area contributed by atoms with Crippen LogP contribution in [0.3, 0.4) is 0 Å². The number of aromatic nitrogens is 4. The van der Waals surface area contributed by atoms with Crippen LogP contribution in [0, 0.1) is 0 Å². The topological polar surface area (TPSA) is 61.9 Å². The average Bonchev–Trinajstić information content (AvgIpc) is 4.09. The Balaban J connectivity index is 1.04. The third-order valence-corrected chi connectivity index (χ3v) is 12.9. The molecule has 298 valence electrons. The van der Waals surface area contributed by atoms with Gasteiger partial charge in [-0.15, -0.1) is 0 Å². The van der Waals surface area contributed by atoms with Crippen molar-refractivity contribution < 1.29 is 8.83 Å². The van der Waals surface area contributed by atoms with E-state index in [9.17, 15) is 0 Å². The summed E-state index contributed by atoms with van der Waals surface area (Å²) in [5.74, 6) is 0.588. The monoisotopic (exact) mass is 818 g/mol. The number of furan rings is 2. The molecule has 9 aromatic carbocycles. The van der Waals surface area contributed by atoms with Crippen molar-refractivity contribution in [3.05, 3.63) is 206 Å². The van der Waals surface area contributed by atoms with Gasteiger partial charge in [-0.25, -0.2) is 9.97 Å². The van der Waals surface area contributed by atoms with E-state index in [0.717, 1.165) is 116 Å². The van der Waals surface area contributed by atoms with Crippen molar-refractivity contribution in [2.75, 3.05) is 0 Å². The van der Waals surface area contributed by atoms with Gasteiger partial charge in [0.05, 0.1) is 33.5 Å². The van der Waals surface area contributed by atoms with Gasteiger partial charge in [0.2, 0.25) is 5.95 Å². The zero-order chi connectivity index (χ0) is 41.9. The van der Waals surface area contributed by atoms with Crippen molar-refractivity contribution in [3.8, 4) is 45.3 Å². The molecule has 14 rings (SSSR count). The summed E-state index contributed by atoms with van der Waals surface area (Å²) in [6.45, 7) is 0. The summed E-state index contributed by atoms with van der Waals surface area (Å²) in [4.78, 5) is 10.7. The van der Waals surface area contributed by atoms with Crippen LogP contribution in [0.5, 0.6) is 0 Å². The summed E-state index contributed by atoms with van der Waals surface area (Å²) in [5.41, 5.74) is 14.7. The van der Waals surface area contributed by atoms with Crippen molar-refractivity contribution >= 4 is 87.5 Å². The summed E-state index contributed by atoms with van der Waals surface area (Å²) in [6.07, 6.45) is 0. The van der Waals surface area contributed by atoms with E-state index in [4.69, 9.17) is 18.8 Å². The average molecular weight is 819 g/mol. The number of para-hydroxylation sites is 3. The molecule has 64 heavy (non-hydrogen) atoms. The van der Waals surface area contributed by atoms with Gasteiger partial charge in [-0.1, -0.05) is 133 Å². The summed E-state index contributed by atoms with van der Waals surface area (Å²) >= 11 is 0. The van der Waals surface area contributed by atoms with E-state index in [-0.39, 0.29) is 0 Å². The minimum atomic E-state index is 0.588. The Hall–Kier alpha value is -8.74. The molecular weight excluding hydrogens is 785 g/mol. The highest BCUT2D eigenvalue weighted by Crippen LogP contribution is 2.43. The molecule has 5 aromatic heterocycles. The molecule has 0 fully saturated rings. The fourth-order valence-electron chi connectivity index (χ4n) is 9.95. The number of rotatable bonds is 5. The molecule has 0 unspecified atom stereocenters. The van der Waals surface area contributed by atoms with Crippen LogP contribution in [0.25, 0.3) is 133 Å². The Kier molecular flexibility index (Phi) is 7.30. The first-order valence-electron chi connectivity index (χ1n) is 21.6. The Morgan fingerprint density at radius 1 is 0.281 bits per heavy atom. The highest BCUT2D eigenvalue weighted by Gasteiger charge is 2.22. The standard InChI is InChI=1S/C58H34N4O2/c1-4-14-35(15-5-1)48-32-49(36-16-6-2-7-17-36)60-58(59-48)62-51-29-38(24-26-40(51)44-30-46-41-20-10-12-22-54(41)64-57(46)34-53(44)62)37-25-27-50-43(28-37)45-31-47-42-21-11-13-23-55(42)63-56(47)33-52(45)61(50)39-18-8-3-9-19-39/h1-34H.